The van der Waals surface area contributed by atoms with Gasteiger partial charge in [0.1, 0.15) is 0 Å². The fourth-order valence-corrected chi connectivity index (χ4v) is 2.60. The van der Waals surface area contributed by atoms with Crippen LogP contribution in [0.2, 0.25) is 0 Å². The van der Waals surface area contributed by atoms with E-state index in [4.69, 9.17) is 5.73 Å². The summed E-state index contributed by atoms with van der Waals surface area (Å²) in [6.07, 6.45) is 1.89. The van der Waals surface area contributed by atoms with Crippen molar-refractivity contribution in [1.82, 2.24) is 14.9 Å². The van der Waals surface area contributed by atoms with Crippen molar-refractivity contribution >= 4 is 17.0 Å². The van der Waals surface area contributed by atoms with Gasteiger partial charge in [-0.1, -0.05) is 36.4 Å². The number of nitrogens with two attached hydrogens (primary N) is 1. The van der Waals surface area contributed by atoms with E-state index in [1.54, 1.807) is 0 Å². The molecule has 0 aliphatic heterocycles. The van der Waals surface area contributed by atoms with Crippen LogP contribution < -0.4 is 11.1 Å². The minimum Gasteiger partial charge on any atom is -0.370 e. The minimum absolute atomic E-state index is 0.293. The summed E-state index contributed by atoms with van der Waals surface area (Å²) in [6.45, 7) is 5.47. The van der Waals surface area contributed by atoms with Gasteiger partial charge < -0.3 is 15.6 Å². The summed E-state index contributed by atoms with van der Waals surface area (Å²) >= 11 is 0. The van der Waals surface area contributed by atoms with Crippen molar-refractivity contribution < 1.29 is 0 Å². The monoisotopic (exact) mass is 321 g/mol. The van der Waals surface area contributed by atoms with E-state index in [0.29, 0.717) is 18.5 Å². The Balaban J connectivity index is 1.66. The van der Waals surface area contributed by atoms with E-state index in [2.05, 4.69) is 50.2 Å². The molecule has 0 saturated heterocycles. The number of nitrogens with zero attached hydrogens (tertiary/aromatic N) is 3. The van der Waals surface area contributed by atoms with Gasteiger partial charge in [0.2, 0.25) is 0 Å². The van der Waals surface area contributed by atoms with E-state index in [1.165, 1.54) is 5.56 Å². The zero-order chi connectivity index (χ0) is 16.9. The first-order chi connectivity index (χ1) is 11.6. The van der Waals surface area contributed by atoms with E-state index in [0.717, 1.165) is 23.1 Å². The lowest BCUT2D eigenvalue weighted by Gasteiger charge is -2.09. The summed E-state index contributed by atoms with van der Waals surface area (Å²) in [6, 6.07) is 16.9. The minimum atomic E-state index is 0.293. The number of aliphatic imine (C=N–C) groups is 1. The Labute approximate surface area is 142 Å². The number of guanidine groups is 1. The number of aromatic nitrogens is 2. The third-order valence-corrected chi connectivity index (χ3v) is 3.77. The molecular weight excluding hydrogens is 298 g/mol. The number of para-hydroxylation sites is 2. The van der Waals surface area contributed by atoms with Gasteiger partial charge in [0, 0.05) is 12.6 Å². The van der Waals surface area contributed by atoms with Gasteiger partial charge in [-0.25, -0.2) is 9.98 Å². The highest BCUT2D eigenvalue weighted by molar-refractivity contribution is 5.78. The molecule has 0 spiro atoms. The molecule has 124 valence electrons. The van der Waals surface area contributed by atoms with Gasteiger partial charge in [-0.05, 0) is 37.1 Å². The van der Waals surface area contributed by atoms with Gasteiger partial charge in [-0.2, -0.15) is 0 Å². The quantitative estimate of drug-likeness (QED) is 0.561. The maximum atomic E-state index is 5.82. The Morgan fingerprint density at radius 2 is 1.83 bits per heavy atom. The summed E-state index contributed by atoms with van der Waals surface area (Å²) in [7, 11) is 0. The topological polar surface area (TPSA) is 68.2 Å². The average molecular weight is 321 g/mol. The molecule has 5 heteroatoms. The fraction of sp³-hybridized carbons (Fsp3) is 0.263. The lowest BCUT2D eigenvalue weighted by molar-refractivity contribution is 0.723. The van der Waals surface area contributed by atoms with Crippen molar-refractivity contribution in [2.24, 2.45) is 10.7 Å². The van der Waals surface area contributed by atoms with E-state index < -0.39 is 0 Å². The van der Waals surface area contributed by atoms with Gasteiger partial charge in [0.15, 0.2) is 5.96 Å². The highest BCUT2D eigenvalue weighted by Crippen LogP contribution is 2.14. The smallest absolute Gasteiger partial charge is 0.189 e. The third kappa shape index (κ3) is 3.93. The summed E-state index contributed by atoms with van der Waals surface area (Å²) in [5.74, 6) is 0.485. The predicted octanol–water partition coefficient (Wildman–Crippen LogP) is 2.90. The molecule has 1 heterocycles. The van der Waals surface area contributed by atoms with Crippen LogP contribution in [-0.2, 0) is 13.1 Å². The zero-order valence-corrected chi connectivity index (χ0v) is 14.1. The zero-order valence-electron chi connectivity index (χ0n) is 14.1. The molecule has 2 aromatic carbocycles. The van der Waals surface area contributed by atoms with Crippen LogP contribution in [0.1, 0.15) is 25.0 Å². The number of nitrogens with one attached hydrogen (secondary N) is 1. The molecule has 24 heavy (non-hydrogen) atoms. The standard InChI is InChI=1S/C19H23N5/c1-14(2)23-19(20)21-11-15-7-9-16(10-8-15)12-24-13-22-17-5-3-4-6-18(17)24/h3-10,13-14H,11-12H2,1-2H3,(H3,20,21,23). The lowest BCUT2D eigenvalue weighted by Crippen LogP contribution is -2.36. The molecule has 0 amide bonds. The van der Waals surface area contributed by atoms with E-state index >= 15 is 0 Å². The molecule has 0 aliphatic carbocycles. The molecule has 1 aromatic heterocycles. The molecule has 3 rings (SSSR count). The third-order valence-electron chi connectivity index (χ3n) is 3.77. The summed E-state index contributed by atoms with van der Waals surface area (Å²) < 4.78 is 2.16. The van der Waals surface area contributed by atoms with Crippen LogP contribution in [0.15, 0.2) is 59.9 Å². The average Bonchev–Trinajstić information content (AvgIpc) is 2.97. The Kier molecular flexibility index (Phi) is 4.79. The first-order valence-corrected chi connectivity index (χ1v) is 8.16. The Morgan fingerprint density at radius 3 is 2.58 bits per heavy atom. The van der Waals surface area contributed by atoms with Crippen LogP contribution in [0, 0.1) is 0 Å². The SMILES string of the molecule is CC(C)NC(N)=NCc1ccc(Cn2cnc3ccccc32)cc1. The maximum absolute atomic E-state index is 5.82. The number of fused-ring (bicyclic) bond motifs is 1. The summed E-state index contributed by atoms with van der Waals surface area (Å²) in [5, 5.41) is 3.09. The van der Waals surface area contributed by atoms with Crippen molar-refractivity contribution in [3.05, 3.63) is 66.0 Å². The normalized spacial score (nSPS) is 12.0. The van der Waals surface area contributed by atoms with Gasteiger partial charge >= 0.3 is 0 Å². The molecule has 0 bridgehead atoms. The second kappa shape index (κ2) is 7.17. The maximum Gasteiger partial charge on any atom is 0.189 e. The number of hydrogen-bond acceptors (Lipinski definition) is 2. The Morgan fingerprint density at radius 1 is 1.12 bits per heavy atom. The Hall–Kier alpha value is -2.82. The van der Waals surface area contributed by atoms with Crippen LogP contribution in [-0.4, -0.2) is 21.6 Å². The van der Waals surface area contributed by atoms with Crippen LogP contribution in [0.5, 0.6) is 0 Å². The van der Waals surface area contributed by atoms with Crippen LogP contribution >= 0.6 is 0 Å². The van der Waals surface area contributed by atoms with Gasteiger partial charge in [0.05, 0.1) is 23.9 Å². The molecule has 3 aromatic rings. The van der Waals surface area contributed by atoms with Gasteiger partial charge in [-0.3, -0.25) is 0 Å². The number of rotatable bonds is 5. The second-order valence-electron chi connectivity index (χ2n) is 6.18. The first kappa shape index (κ1) is 16.1. The van der Waals surface area contributed by atoms with E-state index in [1.807, 2.05) is 38.4 Å². The van der Waals surface area contributed by atoms with Gasteiger partial charge in [-0.15, -0.1) is 0 Å². The fourth-order valence-electron chi connectivity index (χ4n) is 2.60. The number of hydrogen-bond donors (Lipinski definition) is 2. The van der Waals surface area contributed by atoms with Gasteiger partial charge in [0.25, 0.3) is 0 Å². The van der Waals surface area contributed by atoms with Crippen molar-refractivity contribution in [3.63, 3.8) is 0 Å². The van der Waals surface area contributed by atoms with Crippen molar-refractivity contribution in [2.75, 3.05) is 0 Å². The Bertz CT molecular complexity index is 830. The molecule has 5 nitrogen and oxygen atoms in total. The molecule has 0 fully saturated rings. The summed E-state index contributed by atoms with van der Waals surface area (Å²) in [5.41, 5.74) is 10.4. The summed E-state index contributed by atoms with van der Waals surface area (Å²) in [4.78, 5) is 8.78. The van der Waals surface area contributed by atoms with E-state index in [9.17, 15) is 0 Å². The molecule has 0 unspecified atom stereocenters. The first-order valence-electron chi connectivity index (χ1n) is 8.16. The molecule has 3 N–H and O–H groups in total. The molecule has 0 saturated carbocycles. The van der Waals surface area contributed by atoms with Crippen molar-refractivity contribution in [3.8, 4) is 0 Å². The number of imidazole rings is 1. The number of benzene rings is 2. The largest absolute Gasteiger partial charge is 0.370 e. The van der Waals surface area contributed by atoms with Crippen LogP contribution in [0.4, 0.5) is 0 Å². The van der Waals surface area contributed by atoms with E-state index in [-0.39, 0.29) is 0 Å². The van der Waals surface area contributed by atoms with Crippen LogP contribution in [0.3, 0.4) is 0 Å². The highest BCUT2D eigenvalue weighted by atomic mass is 15.1. The predicted molar refractivity (Wildman–Crippen MR) is 98.9 cm³/mol. The molecule has 0 aliphatic rings. The molecular formula is C19H23N5. The molecule has 0 atom stereocenters. The molecule has 0 radical (unpaired) electrons. The van der Waals surface area contributed by atoms with Crippen LogP contribution in [0.25, 0.3) is 11.0 Å². The van der Waals surface area contributed by atoms with Crippen molar-refractivity contribution in [1.29, 1.82) is 0 Å². The second-order valence-corrected chi connectivity index (χ2v) is 6.18. The van der Waals surface area contributed by atoms with Crippen molar-refractivity contribution in [2.45, 2.75) is 33.0 Å². The lowest BCUT2D eigenvalue weighted by atomic mass is 10.1. The highest BCUT2D eigenvalue weighted by Gasteiger charge is 2.02.